The molecule has 1 aliphatic rings. The first-order chi connectivity index (χ1) is 17.5. The van der Waals surface area contributed by atoms with Gasteiger partial charge < -0.3 is 19.5 Å². The largest absolute Gasteiger partial charge is 0.493 e. The number of para-hydroxylation sites is 1. The van der Waals surface area contributed by atoms with Crippen LogP contribution in [0.15, 0.2) is 66.7 Å². The van der Waals surface area contributed by atoms with Gasteiger partial charge in [-0.05, 0) is 72.9 Å². The van der Waals surface area contributed by atoms with Crippen LogP contribution in [0.4, 0.5) is 4.79 Å². The second kappa shape index (κ2) is 12.7. The fourth-order valence-electron chi connectivity index (χ4n) is 3.81. The van der Waals surface area contributed by atoms with Crippen molar-refractivity contribution in [1.82, 2.24) is 5.32 Å². The maximum atomic E-state index is 11.9. The van der Waals surface area contributed by atoms with Crippen LogP contribution in [-0.2, 0) is 11.2 Å². The number of thioether (sulfide) groups is 1. The fourth-order valence-corrected chi connectivity index (χ4v) is 4.72. The van der Waals surface area contributed by atoms with Crippen molar-refractivity contribution in [2.75, 3.05) is 13.2 Å². The summed E-state index contributed by atoms with van der Waals surface area (Å²) in [5.74, 6) is 3.03. The third-order valence-electron chi connectivity index (χ3n) is 5.56. The van der Waals surface area contributed by atoms with E-state index in [1.807, 2.05) is 48.5 Å². The maximum absolute atomic E-state index is 11.9. The Balaban J connectivity index is 1.23. The number of benzene rings is 3. The zero-order chi connectivity index (χ0) is 25.3. The lowest BCUT2D eigenvalue weighted by Crippen LogP contribution is -2.19. The van der Waals surface area contributed by atoms with Crippen molar-refractivity contribution in [3.8, 4) is 23.0 Å². The highest BCUT2D eigenvalue weighted by atomic mass is 35.5. The number of rotatable bonds is 12. The second-order valence-corrected chi connectivity index (χ2v) is 9.70. The molecule has 1 fully saturated rings. The van der Waals surface area contributed by atoms with E-state index in [1.54, 1.807) is 18.2 Å². The predicted molar refractivity (Wildman–Crippen MR) is 142 cm³/mol. The summed E-state index contributed by atoms with van der Waals surface area (Å²) in [6, 6.07) is 20.1. The average molecular weight is 526 g/mol. The van der Waals surface area contributed by atoms with Crippen molar-refractivity contribution >= 4 is 33.7 Å². The van der Waals surface area contributed by atoms with Gasteiger partial charge in [0.15, 0.2) is 0 Å². The number of hydrogen-bond acceptors (Lipinski definition) is 6. The zero-order valence-corrected chi connectivity index (χ0v) is 21.6. The summed E-state index contributed by atoms with van der Waals surface area (Å²) in [4.78, 5) is 23.3. The Morgan fingerprint density at radius 2 is 1.61 bits per heavy atom. The third-order valence-corrected chi connectivity index (χ3v) is 6.60. The molecule has 1 atom stereocenters. The quantitative estimate of drug-likeness (QED) is 0.249. The molecule has 0 spiro atoms. The van der Waals surface area contributed by atoms with Crippen molar-refractivity contribution in [1.29, 1.82) is 0 Å². The Bertz CT molecular complexity index is 1200. The molecular formula is C28H28ClNO5S. The minimum atomic E-state index is -0.664. The molecular weight excluding hydrogens is 498 g/mol. The Hall–Kier alpha value is -3.16. The predicted octanol–water partition coefficient (Wildman–Crippen LogP) is 7.35. The molecule has 8 heteroatoms. The number of amides is 1. The van der Waals surface area contributed by atoms with Gasteiger partial charge in [0.2, 0.25) is 5.12 Å². The van der Waals surface area contributed by atoms with Crippen LogP contribution in [0.2, 0.25) is 5.02 Å². The lowest BCUT2D eigenvalue weighted by atomic mass is 10.1. The summed E-state index contributed by atoms with van der Waals surface area (Å²) in [7, 11) is 0. The van der Waals surface area contributed by atoms with E-state index in [4.69, 9.17) is 25.8 Å². The lowest BCUT2D eigenvalue weighted by molar-refractivity contribution is -0.112. The SMILES string of the molecule is CCCc1cc(Oc2ccccc2)ccc1OCCCCOc1ccc(C2NC(=O)SC2=O)cc1Cl. The van der Waals surface area contributed by atoms with Crippen molar-refractivity contribution in [2.24, 2.45) is 0 Å². The van der Waals surface area contributed by atoms with E-state index in [-0.39, 0.29) is 10.4 Å². The van der Waals surface area contributed by atoms with Gasteiger partial charge in [-0.15, -0.1) is 0 Å². The summed E-state index contributed by atoms with van der Waals surface area (Å²) in [6.07, 6.45) is 3.54. The number of halogens is 1. The second-order valence-electron chi connectivity index (χ2n) is 8.31. The van der Waals surface area contributed by atoms with Crippen LogP contribution in [0.25, 0.3) is 0 Å². The molecule has 0 aromatic heterocycles. The number of nitrogens with one attached hydrogen (secondary N) is 1. The normalized spacial score (nSPS) is 15.0. The minimum Gasteiger partial charge on any atom is -0.493 e. The van der Waals surface area contributed by atoms with Crippen LogP contribution in [0.1, 0.15) is 43.4 Å². The molecule has 1 saturated heterocycles. The van der Waals surface area contributed by atoms with Crippen molar-refractivity contribution in [3.05, 3.63) is 82.9 Å². The molecule has 1 N–H and O–H groups in total. The highest BCUT2D eigenvalue weighted by molar-refractivity contribution is 8.26. The summed E-state index contributed by atoms with van der Waals surface area (Å²) >= 11 is 7.01. The Morgan fingerprint density at radius 3 is 2.28 bits per heavy atom. The van der Waals surface area contributed by atoms with Gasteiger partial charge >= 0.3 is 0 Å². The van der Waals surface area contributed by atoms with Crippen molar-refractivity contribution in [3.63, 3.8) is 0 Å². The number of carbonyl (C=O) groups excluding carboxylic acids is 2. The van der Waals surface area contributed by atoms with Gasteiger partial charge in [-0.1, -0.05) is 49.2 Å². The maximum Gasteiger partial charge on any atom is 0.287 e. The molecule has 36 heavy (non-hydrogen) atoms. The number of ether oxygens (including phenoxy) is 3. The van der Waals surface area contributed by atoms with Gasteiger partial charge in [-0.25, -0.2) is 0 Å². The molecule has 1 unspecified atom stereocenters. The Labute approximate surface area is 220 Å². The average Bonchev–Trinajstić information content (AvgIpc) is 3.21. The van der Waals surface area contributed by atoms with E-state index in [0.717, 1.165) is 48.5 Å². The summed E-state index contributed by atoms with van der Waals surface area (Å²) in [5, 5.41) is 2.46. The van der Waals surface area contributed by atoms with Crippen LogP contribution in [-0.4, -0.2) is 23.6 Å². The van der Waals surface area contributed by atoms with Crippen LogP contribution >= 0.6 is 23.4 Å². The number of unbranched alkanes of at least 4 members (excludes halogenated alkanes) is 1. The van der Waals surface area contributed by atoms with Gasteiger partial charge in [0.25, 0.3) is 5.24 Å². The molecule has 0 bridgehead atoms. The first-order valence-corrected chi connectivity index (χ1v) is 13.2. The first-order valence-electron chi connectivity index (χ1n) is 12.0. The van der Waals surface area contributed by atoms with E-state index in [2.05, 4.69) is 12.2 Å². The van der Waals surface area contributed by atoms with E-state index in [0.29, 0.717) is 41.3 Å². The molecule has 0 saturated carbocycles. The number of hydrogen-bond donors (Lipinski definition) is 1. The van der Waals surface area contributed by atoms with E-state index in [1.165, 1.54) is 0 Å². The molecule has 0 aliphatic carbocycles. The summed E-state index contributed by atoms with van der Waals surface area (Å²) < 4.78 is 17.8. The highest BCUT2D eigenvalue weighted by Crippen LogP contribution is 2.33. The van der Waals surface area contributed by atoms with Gasteiger partial charge in [-0.2, -0.15) is 0 Å². The van der Waals surface area contributed by atoms with E-state index < -0.39 is 6.04 Å². The summed E-state index contributed by atoms with van der Waals surface area (Å²) in [6.45, 7) is 3.21. The van der Waals surface area contributed by atoms with E-state index >= 15 is 0 Å². The van der Waals surface area contributed by atoms with Crippen LogP contribution < -0.4 is 19.5 Å². The standard InChI is InChI=1S/C28H28ClNO5S/c1-2-8-19-17-22(35-21-9-4-3-5-10-21)12-14-24(19)33-15-6-7-16-34-25-13-11-20(18-23(25)29)26-27(31)36-28(32)30-26/h3-5,9-14,17-18,26H,2,6-8,15-16H2,1H3,(H,30,32). The first kappa shape index (κ1) is 25.9. The van der Waals surface area contributed by atoms with Crippen LogP contribution in [0, 0.1) is 0 Å². The smallest absolute Gasteiger partial charge is 0.287 e. The van der Waals surface area contributed by atoms with Crippen LogP contribution in [0.5, 0.6) is 23.0 Å². The monoisotopic (exact) mass is 525 g/mol. The zero-order valence-electron chi connectivity index (χ0n) is 20.0. The lowest BCUT2D eigenvalue weighted by Gasteiger charge is -2.14. The minimum absolute atomic E-state index is 0.231. The van der Waals surface area contributed by atoms with Crippen molar-refractivity contribution in [2.45, 2.75) is 38.6 Å². The topological polar surface area (TPSA) is 73.9 Å². The molecule has 1 amide bonds. The van der Waals surface area contributed by atoms with Gasteiger partial charge in [0.1, 0.15) is 29.0 Å². The molecule has 188 valence electrons. The highest BCUT2D eigenvalue weighted by Gasteiger charge is 2.32. The van der Waals surface area contributed by atoms with Crippen LogP contribution in [0.3, 0.4) is 0 Å². The van der Waals surface area contributed by atoms with Gasteiger partial charge in [-0.3, -0.25) is 9.59 Å². The molecule has 3 aromatic carbocycles. The molecule has 1 heterocycles. The van der Waals surface area contributed by atoms with Crippen molar-refractivity contribution < 1.29 is 23.8 Å². The summed E-state index contributed by atoms with van der Waals surface area (Å²) in [5.41, 5.74) is 1.77. The number of carbonyl (C=O) groups is 2. The molecule has 4 rings (SSSR count). The molecule has 3 aromatic rings. The number of aryl methyl sites for hydroxylation is 1. The molecule has 6 nitrogen and oxygen atoms in total. The molecule has 1 aliphatic heterocycles. The fraction of sp³-hybridized carbons (Fsp3) is 0.286. The van der Waals surface area contributed by atoms with Gasteiger partial charge in [0, 0.05) is 11.8 Å². The Morgan fingerprint density at radius 1 is 0.889 bits per heavy atom. The third kappa shape index (κ3) is 6.95. The van der Waals surface area contributed by atoms with E-state index in [9.17, 15) is 9.59 Å². The Kier molecular flexibility index (Phi) is 9.14. The molecule has 0 radical (unpaired) electrons. The van der Waals surface area contributed by atoms with Gasteiger partial charge in [0.05, 0.1) is 18.2 Å².